The van der Waals surface area contributed by atoms with Gasteiger partial charge in [0.2, 0.25) is 5.91 Å². The lowest BCUT2D eigenvalue weighted by molar-refractivity contribution is -0.116. The summed E-state index contributed by atoms with van der Waals surface area (Å²) >= 11 is 0. The molecule has 0 radical (unpaired) electrons. The Hall–Kier alpha value is -3.94. The number of nitrogens with zero attached hydrogens (tertiary/aromatic N) is 1. The standard InChI is InChI=1S/C23H22N2O6/c1-29-14-9-7-13(8-10-14)25-12-17(23(27)28)20-21(25)16(11-19(26)24-20)15-5-4-6-18(30-2)22(15)31-3/h4-10,12,16H,11H2,1-3H3,(H,24,26)(H,27,28)/t16-/m0/s1. The number of fused-ring (bicyclic) bond motifs is 1. The lowest BCUT2D eigenvalue weighted by Crippen LogP contribution is -2.25. The van der Waals surface area contributed by atoms with Crippen molar-refractivity contribution in [3.05, 3.63) is 65.5 Å². The number of carboxylic acids is 1. The van der Waals surface area contributed by atoms with Gasteiger partial charge in [-0.3, -0.25) is 4.79 Å². The van der Waals surface area contributed by atoms with Crippen LogP contribution in [-0.4, -0.2) is 42.9 Å². The minimum atomic E-state index is -1.12. The number of carboxylic acid groups (broad SMARTS) is 1. The maximum absolute atomic E-state index is 12.6. The number of anilines is 1. The molecular formula is C23H22N2O6. The lowest BCUT2D eigenvalue weighted by atomic mass is 9.87. The summed E-state index contributed by atoms with van der Waals surface area (Å²) in [6.07, 6.45) is 1.66. The van der Waals surface area contributed by atoms with Crippen LogP contribution < -0.4 is 19.5 Å². The SMILES string of the molecule is COc1ccc(-n2cc(C(=O)O)c3c2[C@H](c2cccc(OC)c2OC)CC(=O)N3)cc1. The third-order valence-corrected chi connectivity index (χ3v) is 5.42. The second-order valence-corrected chi connectivity index (χ2v) is 7.06. The topological polar surface area (TPSA) is 99.0 Å². The Morgan fingerprint density at radius 2 is 1.81 bits per heavy atom. The van der Waals surface area contributed by atoms with Gasteiger partial charge in [-0.15, -0.1) is 0 Å². The Labute approximate surface area is 179 Å². The zero-order valence-electron chi connectivity index (χ0n) is 17.3. The van der Waals surface area contributed by atoms with Crippen LogP contribution in [0.5, 0.6) is 17.2 Å². The van der Waals surface area contributed by atoms with Gasteiger partial charge < -0.3 is 29.2 Å². The Kier molecular flexibility index (Phi) is 5.29. The lowest BCUT2D eigenvalue weighted by Gasteiger charge is -2.27. The molecule has 2 N–H and O–H groups in total. The number of methoxy groups -OCH3 is 3. The first-order chi connectivity index (χ1) is 15.0. The molecule has 160 valence electrons. The summed E-state index contributed by atoms with van der Waals surface area (Å²) in [6, 6.07) is 12.7. The molecule has 1 aliphatic heterocycles. The molecule has 0 aliphatic carbocycles. The number of aromatic carboxylic acids is 1. The zero-order chi connectivity index (χ0) is 22.1. The fourth-order valence-electron chi connectivity index (χ4n) is 4.03. The van der Waals surface area contributed by atoms with Gasteiger partial charge in [-0.05, 0) is 30.3 Å². The van der Waals surface area contributed by atoms with Crippen molar-refractivity contribution in [1.82, 2.24) is 4.57 Å². The average molecular weight is 422 g/mol. The number of carbonyl (C=O) groups is 2. The highest BCUT2D eigenvalue weighted by Crippen LogP contribution is 2.46. The van der Waals surface area contributed by atoms with Crippen LogP contribution >= 0.6 is 0 Å². The van der Waals surface area contributed by atoms with E-state index in [2.05, 4.69) is 5.32 Å². The van der Waals surface area contributed by atoms with E-state index in [0.29, 0.717) is 22.9 Å². The van der Waals surface area contributed by atoms with Crippen molar-refractivity contribution in [3.8, 4) is 22.9 Å². The number of amides is 1. The fraction of sp³-hybridized carbons (Fsp3) is 0.217. The Balaban J connectivity index is 1.97. The van der Waals surface area contributed by atoms with Crippen LogP contribution in [0.1, 0.15) is 34.0 Å². The van der Waals surface area contributed by atoms with E-state index in [0.717, 1.165) is 11.3 Å². The number of aromatic nitrogens is 1. The molecular weight excluding hydrogens is 400 g/mol. The predicted octanol–water partition coefficient (Wildman–Crippen LogP) is 3.68. The minimum absolute atomic E-state index is 0.0192. The third-order valence-electron chi connectivity index (χ3n) is 5.42. The molecule has 1 aromatic heterocycles. The van der Waals surface area contributed by atoms with Crippen LogP contribution in [-0.2, 0) is 4.79 Å². The van der Waals surface area contributed by atoms with E-state index in [1.165, 1.54) is 13.3 Å². The molecule has 0 unspecified atom stereocenters. The molecule has 4 rings (SSSR count). The number of rotatable bonds is 6. The van der Waals surface area contributed by atoms with Crippen LogP contribution in [0.15, 0.2) is 48.7 Å². The van der Waals surface area contributed by atoms with E-state index in [-0.39, 0.29) is 23.6 Å². The van der Waals surface area contributed by atoms with E-state index in [1.54, 1.807) is 37.0 Å². The predicted molar refractivity (Wildman–Crippen MR) is 114 cm³/mol. The summed E-state index contributed by atoms with van der Waals surface area (Å²) in [7, 11) is 4.66. The second kappa shape index (κ2) is 8.06. The molecule has 1 atom stereocenters. The first-order valence-corrected chi connectivity index (χ1v) is 9.62. The van der Waals surface area contributed by atoms with Crippen LogP contribution in [0.4, 0.5) is 5.69 Å². The van der Waals surface area contributed by atoms with Crippen molar-refractivity contribution in [2.45, 2.75) is 12.3 Å². The molecule has 0 saturated carbocycles. The summed E-state index contributed by atoms with van der Waals surface area (Å²) in [5.41, 5.74) is 2.45. The number of para-hydroxylation sites is 1. The molecule has 8 heteroatoms. The van der Waals surface area contributed by atoms with E-state index in [9.17, 15) is 14.7 Å². The highest BCUT2D eigenvalue weighted by atomic mass is 16.5. The molecule has 2 aromatic carbocycles. The first-order valence-electron chi connectivity index (χ1n) is 9.62. The monoisotopic (exact) mass is 422 g/mol. The molecule has 1 aliphatic rings. The van der Waals surface area contributed by atoms with Gasteiger partial charge in [0.15, 0.2) is 11.5 Å². The highest BCUT2D eigenvalue weighted by molar-refractivity contribution is 6.04. The smallest absolute Gasteiger partial charge is 0.339 e. The van der Waals surface area contributed by atoms with Gasteiger partial charge in [0.25, 0.3) is 0 Å². The van der Waals surface area contributed by atoms with Crippen molar-refractivity contribution in [3.63, 3.8) is 0 Å². The average Bonchev–Trinajstić information content (AvgIpc) is 3.17. The molecule has 0 saturated heterocycles. The Morgan fingerprint density at radius 1 is 1.06 bits per heavy atom. The largest absolute Gasteiger partial charge is 0.497 e. The Bertz CT molecular complexity index is 1150. The quantitative estimate of drug-likeness (QED) is 0.629. The van der Waals surface area contributed by atoms with Gasteiger partial charge in [-0.2, -0.15) is 0 Å². The summed E-state index contributed by atoms with van der Waals surface area (Å²) < 4.78 is 18.1. The summed E-state index contributed by atoms with van der Waals surface area (Å²) in [4.78, 5) is 24.5. The van der Waals surface area contributed by atoms with E-state index in [1.807, 2.05) is 24.3 Å². The van der Waals surface area contributed by atoms with Crippen LogP contribution in [0.25, 0.3) is 5.69 Å². The number of hydrogen-bond donors (Lipinski definition) is 2. The van der Waals surface area contributed by atoms with Gasteiger partial charge in [0, 0.05) is 29.8 Å². The maximum atomic E-state index is 12.6. The van der Waals surface area contributed by atoms with Crippen LogP contribution in [0, 0.1) is 0 Å². The summed E-state index contributed by atoms with van der Waals surface area (Å²) in [6.45, 7) is 0. The molecule has 0 bridgehead atoms. The molecule has 8 nitrogen and oxygen atoms in total. The Morgan fingerprint density at radius 3 is 2.42 bits per heavy atom. The van der Waals surface area contributed by atoms with Crippen molar-refractivity contribution >= 4 is 17.6 Å². The normalized spacial score (nSPS) is 15.1. The van der Waals surface area contributed by atoms with Crippen molar-refractivity contribution in [2.75, 3.05) is 26.6 Å². The van der Waals surface area contributed by atoms with E-state index < -0.39 is 11.9 Å². The van der Waals surface area contributed by atoms with Gasteiger partial charge in [0.05, 0.1) is 32.7 Å². The number of carbonyl (C=O) groups excluding carboxylic acids is 1. The van der Waals surface area contributed by atoms with Gasteiger partial charge in [0.1, 0.15) is 11.3 Å². The maximum Gasteiger partial charge on any atom is 0.339 e. The molecule has 1 amide bonds. The molecule has 0 fully saturated rings. The fourth-order valence-corrected chi connectivity index (χ4v) is 4.03. The molecule has 2 heterocycles. The van der Waals surface area contributed by atoms with Gasteiger partial charge >= 0.3 is 5.97 Å². The highest BCUT2D eigenvalue weighted by Gasteiger charge is 2.36. The van der Waals surface area contributed by atoms with Crippen LogP contribution in [0.2, 0.25) is 0 Å². The molecule has 0 spiro atoms. The van der Waals surface area contributed by atoms with Gasteiger partial charge in [-0.25, -0.2) is 4.79 Å². The zero-order valence-corrected chi connectivity index (χ0v) is 17.3. The first kappa shape index (κ1) is 20.3. The molecule has 31 heavy (non-hydrogen) atoms. The second-order valence-electron chi connectivity index (χ2n) is 7.06. The van der Waals surface area contributed by atoms with Crippen molar-refractivity contribution < 1.29 is 28.9 Å². The number of hydrogen-bond acceptors (Lipinski definition) is 5. The number of nitrogens with one attached hydrogen (secondary N) is 1. The number of ether oxygens (including phenoxy) is 3. The van der Waals surface area contributed by atoms with Crippen molar-refractivity contribution in [2.24, 2.45) is 0 Å². The molecule has 3 aromatic rings. The van der Waals surface area contributed by atoms with E-state index >= 15 is 0 Å². The minimum Gasteiger partial charge on any atom is -0.497 e. The summed E-state index contributed by atoms with van der Waals surface area (Å²) in [5.74, 6) is -0.102. The third kappa shape index (κ3) is 3.46. The van der Waals surface area contributed by atoms with E-state index in [4.69, 9.17) is 14.2 Å². The van der Waals surface area contributed by atoms with Crippen LogP contribution in [0.3, 0.4) is 0 Å². The number of benzene rings is 2. The van der Waals surface area contributed by atoms with Crippen molar-refractivity contribution in [1.29, 1.82) is 0 Å². The van der Waals surface area contributed by atoms with Gasteiger partial charge in [-0.1, -0.05) is 12.1 Å². The summed E-state index contributed by atoms with van der Waals surface area (Å²) in [5, 5.41) is 12.5.